The maximum absolute atomic E-state index is 11.5. The molecule has 1 aromatic heterocycles. The molecular weight excluding hydrogens is 264 g/mol. The molecule has 1 N–H and O–H groups in total. The first-order chi connectivity index (χ1) is 10.2. The number of hydrogen-bond donors (Lipinski definition) is 1. The lowest BCUT2D eigenvalue weighted by atomic mass is 9.95. The van der Waals surface area contributed by atoms with E-state index in [1.165, 1.54) is 25.7 Å². The molecule has 3 rings (SSSR count). The van der Waals surface area contributed by atoms with Crippen molar-refractivity contribution in [1.82, 2.24) is 14.9 Å². The van der Waals surface area contributed by atoms with Crippen LogP contribution in [-0.4, -0.2) is 39.9 Å². The standard InChI is InChI=1S/C16H24N4O/c1-12(21)20-8-4-5-13(11-20)15-9-18-16(10-17-15)19-14-6-2-3-7-14/h9-10,13-14H,2-8,11H2,1H3,(H,18,19)/t13-/m1/s1. The molecule has 1 saturated heterocycles. The molecule has 1 atom stereocenters. The summed E-state index contributed by atoms with van der Waals surface area (Å²) in [7, 11) is 0. The van der Waals surface area contributed by atoms with Crippen LogP contribution in [0.3, 0.4) is 0 Å². The molecule has 5 nitrogen and oxygen atoms in total. The first-order valence-corrected chi connectivity index (χ1v) is 8.06. The number of amides is 1. The van der Waals surface area contributed by atoms with Crippen molar-refractivity contribution < 1.29 is 4.79 Å². The molecule has 0 bridgehead atoms. The summed E-state index contributed by atoms with van der Waals surface area (Å²) in [5.74, 6) is 1.37. The van der Waals surface area contributed by atoms with E-state index in [-0.39, 0.29) is 5.91 Å². The van der Waals surface area contributed by atoms with Crippen molar-refractivity contribution in [3.8, 4) is 0 Å². The molecule has 1 amide bonds. The minimum atomic E-state index is 0.159. The summed E-state index contributed by atoms with van der Waals surface area (Å²) in [4.78, 5) is 22.5. The number of hydrogen-bond acceptors (Lipinski definition) is 4. The molecule has 1 saturated carbocycles. The molecule has 0 unspecified atom stereocenters. The van der Waals surface area contributed by atoms with Crippen molar-refractivity contribution in [2.45, 2.75) is 57.4 Å². The van der Waals surface area contributed by atoms with E-state index in [9.17, 15) is 4.79 Å². The summed E-state index contributed by atoms with van der Waals surface area (Å²) in [6.07, 6.45) is 11.0. The highest BCUT2D eigenvalue weighted by atomic mass is 16.2. The smallest absolute Gasteiger partial charge is 0.219 e. The molecule has 21 heavy (non-hydrogen) atoms. The van der Waals surface area contributed by atoms with Gasteiger partial charge in [-0.25, -0.2) is 4.98 Å². The molecule has 1 aliphatic heterocycles. The van der Waals surface area contributed by atoms with E-state index in [0.717, 1.165) is 37.4 Å². The lowest BCUT2D eigenvalue weighted by Gasteiger charge is -2.31. The Morgan fingerprint density at radius 3 is 2.67 bits per heavy atom. The van der Waals surface area contributed by atoms with Crippen LogP contribution in [0.5, 0.6) is 0 Å². The van der Waals surface area contributed by atoms with E-state index in [0.29, 0.717) is 12.0 Å². The average molecular weight is 288 g/mol. The van der Waals surface area contributed by atoms with Gasteiger partial charge >= 0.3 is 0 Å². The fraction of sp³-hybridized carbons (Fsp3) is 0.688. The number of nitrogens with zero attached hydrogens (tertiary/aromatic N) is 3. The summed E-state index contributed by atoms with van der Waals surface area (Å²) in [6, 6.07) is 0.563. The van der Waals surface area contributed by atoms with Crippen LogP contribution >= 0.6 is 0 Å². The lowest BCUT2D eigenvalue weighted by Crippen LogP contribution is -2.37. The Labute approximate surface area is 126 Å². The maximum atomic E-state index is 11.5. The number of nitrogens with one attached hydrogen (secondary N) is 1. The van der Waals surface area contributed by atoms with Gasteiger partial charge in [0.1, 0.15) is 5.82 Å². The quantitative estimate of drug-likeness (QED) is 0.928. The number of piperidine rings is 1. The molecular formula is C16H24N4O. The Balaban J connectivity index is 1.61. The van der Waals surface area contributed by atoms with E-state index in [1.54, 1.807) is 6.92 Å². The summed E-state index contributed by atoms with van der Waals surface area (Å²) in [5, 5.41) is 3.46. The van der Waals surface area contributed by atoms with Crippen molar-refractivity contribution in [3.05, 3.63) is 18.1 Å². The molecule has 2 fully saturated rings. The highest BCUT2D eigenvalue weighted by Gasteiger charge is 2.24. The van der Waals surface area contributed by atoms with Crippen LogP contribution in [0.2, 0.25) is 0 Å². The van der Waals surface area contributed by atoms with E-state index >= 15 is 0 Å². The summed E-state index contributed by atoms with van der Waals surface area (Å²) in [6.45, 7) is 3.29. The van der Waals surface area contributed by atoms with Gasteiger partial charge in [0.25, 0.3) is 0 Å². The van der Waals surface area contributed by atoms with Gasteiger partial charge in [0, 0.05) is 32.0 Å². The van der Waals surface area contributed by atoms with Gasteiger partial charge in [-0.3, -0.25) is 9.78 Å². The monoisotopic (exact) mass is 288 g/mol. The first kappa shape index (κ1) is 14.3. The zero-order chi connectivity index (χ0) is 14.7. The van der Waals surface area contributed by atoms with Crippen molar-refractivity contribution in [3.63, 3.8) is 0 Å². The second-order valence-corrected chi connectivity index (χ2v) is 6.26. The maximum Gasteiger partial charge on any atom is 0.219 e. The third-order valence-corrected chi connectivity index (χ3v) is 4.66. The minimum absolute atomic E-state index is 0.159. The molecule has 1 aliphatic carbocycles. The third kappa shape index (κ3) is 3.52. The number of rotatable bonds is 3. The van der Waals surface area contributed by atoms with E-state index in [1.807, 2.05) is 17.3 Å². The van der Waals surface area contributed by atoms with Crippen molar-refractivity contribution >= 4 is 11.7 Å². The fourth-order valence-electron chi connectivity index (χ4n) is 3.41. The predicted molar refractivity (Wildman–Crippen MR) is 82.1 cm³/mol. The van der Waals surface area contributed by atoms with Crippen molar-refractivity contribution in [2.75, 3.05) is 18.4 Å². The van der Waals surface area contributed by atoms with Gasteiger partial charge in [-0.05, 0) is 25.7 Å². The number of likely N-dealkylation sites (tertiary alicyclic amines) is 1. The Morgan fingerprint density at radius 1 is 1.19 bits per heavy atom. The largest absolute Gasteiger partial charge is 0.366 e. The molecule has 0 aromatic carbocycles. The topological polar surface area (TPSA) is 58.1 Å². The average Bonchev–Trinajstić information content (AvgIpc) is 3.01. The lowest BCUT2D eigenvalue weighted by molar-refractivity contribution is -0.130. The van der Waals surface area contributed by atoms with Crippen LogP contribution in [0.15, 0.2) is 12.4 Å². The number of anilines is 1. The molecule has 5 heteroatoms. The first-order valence-electron chi connectivity index (χ1n) is 8.06. The molecule has 0 radical (unpaired) electrons. The Bertz CT molecular complexity index is 482. The molecule has 1 aromatic rings. The normalized spacial score (nSPS) is 23.3. The van der Waals surface area contributed by atoms with Crippen LogP contribution in [0.1, 0.15) is 57.1 Å². The van der Waals surface area contributed by atoms with Gasteiger partial charge in [0.2, 0.25) is 5.91 Å². The second-order valence-electron chi connectivity index (χ2n) is 6.26. The van der Waals surface area contributed by atoms with E-state index in [4.69, 9.17) is 0 Å². The number of carbonyl (C=O) groups is 1. The van der Waals surface area contributed by atoms with Gasteiger partial charge in [0.15, 0.2) is 0 Å². The van der Waals surface area contributed by atoms with Crippen LogP contribution < -0.4 is 5.32 Å². The Morgan fingerprint density at radius 2 is 2.00 bits per heavy atom. The van der Waals surface area contributed by atoms with Gasteiger partial charge in [-0.15, -0.1) is 0 Å². The van der Waals surface area contributed by atoms with Gasteiger partial charge in [-0.1, -0.05) is 12.8 Å². The van der Waals surface area contributed by atoms with Crippen LogP contribution in [0.4, 0.5) is 5.82 Å². The number of aromatic nitrogens is 2. The zero-order valence-electron chi connectivity index (χ0n) is 12.7. The molecule has 114 valence electrons. The van der Waals surface area contributed by atoms with Crippen molar-refractivity contribution in [1.29, 1.82) is 0 Å². The fourth-order valence-corrected chi connectivity index (χ4v) is 3.41. The zero-order valence-corrected chi connectivity index (χ0v) is 12.7. The van der Waals surface area contributed by atoms with E-state index in [2.05, 4.69) is 15.3 Å². The van der Waals surface area contributed by atoms with Crippen LogP contribution in [0, 0.1) is 0 Å². The second kappa shape index (κ2) is 6.41. The summed E-state index contributed by atoms with van der Waals surface area (Å²) < 4.78 is 0. The Kier molecular flexibility index (Phi) is 4.36. The van der Waals surface area contributed by atoms with Crippen molar-refractivity contribution in [2.24, 2.45) is 0 Å². The van der Waals surface area contributed by atoms with Crippen LogP contribution in [0.25, 0.3) is 0 Å². The summed E-state index contributed by atoms with van der Waals surface area (Å²) >= 11 is 0. The predicted octanol–water partition coefficient (Wildman–Crippen LogP) is 2.56. The highest BCUT2D eigenvalue weighted by molar-refractivity contribution is 5.73. The van der Waals surface area contributed by atoms with Gasteiger partial charge in [-0.2, -0.15) is 0 Å². The molecule has 2 aliphatic rings. The van der Waals surface area contributed by atoms with E-state index < -0.39 is 0 Å². The van der Waals surface area contributed by atoms with Gasteiger partial charge < -0.3 is 10.2 Å². The summed E-state index contributed by atoms with van der Waals surface area (Å²) in [5.41, 5.74) is 1.01. The molecule has 2 heterocycles. The highest BCUT2D eigenvalue weighted by Crippen LogP contribution is 2.26. The minimum Gasteiger partial charge on any atom is -0.366 e. The Hall–Kier alpha value is -1.65. The van der Waals surface area contributed by atoms with Gasteiger partial charge in [0.05, 0.1) is 18.1 Å². The molecule has 0 spiro atoms. The van der Waals surface area contributed by atoms with Crippen LogP contribution in [-0.2, 0) is 4.79 Å². The number of carbonyl (C=O) groups excluding carboxylic acids is 1. The SMILES string of the molecule is CC(=O)N1CCC[C@@H](c2cnc(NC3CCCC3)cn2)C1. The third-order valence-electron chi connectivity index (χ3n) is 4.66.